The minimum absolute atomic E-state index is 0.0105. The third-order valence-electron chi connectivity index (χ3n) is 4.17. The van der Waals surface area contributed by atoms with E-state index in [1.165, 1.54) is 7.11 Å². The van der Waals surface area contributed by atoms with E-state index in [0.29, 0.717) is 13.0 Å². The summed E-state index contributed by atoms with van der Waals surface area (Å²) >= 11 is 0. The number of piperazine rings is 1. The standard InChI is InChI=1S/C14H27N3O3/c1-15-3-5-16(6-4-15)7-8-17-9-10-20-13(12-17)11-14(18)19-2/h13H,3-12H2,1-2H3. The number of carbonyl (C=O) groups is 1. The molecule has 0 aromatic rings. The SMILES string of the molecule is COC(=O)CC1CN(CCN2CCN(C)CC2)CCO1. The molecule has 1 unspecified atom stereocenters. The summed E-state index contributed by atoms with van der Waals surface area (Å²) in [7, 11) is 3.60. The maximum atomic E-state index is 11.3. The van der Waals surface area contributed by atoms with Crippen molar-refractivity contribution in [1.82, 2.24) is 14.7 Å². The lowest BCUT2D eigenvalue weighted by atomic mass is 10.2. The Kier molecular flexibility index (Phi) is 6.22. The molecule has 2 rings (SSSR count). The number of carbonyl (C=O) groups excluding carboxylic acids is 1. The molecule has 116 valence electrons. The molecule has 6 nitrogen and oxygen atoms in total. The van der Waals surface area contributed by atoms with Gasteiger partial charge >= 0.3 is 5.97 Å². The van der Waals surface area contributed by atoms with Crippen LogP contribution in [0.25, 0.3) is 0 Å². The molecule has 0 bridgehead atoms. The van der Waals surface area contributed by atoms with Crippen molar-refractivity contribution in [3.63, 3.8) is 0 Å². The molecule has 2 saturated heterocycles. The maximum Gasteiger partial charge on any atom is 0.308 e. The lowest BCUT2D eigenvalue weighted by Gasteiger charge is -2.36. The van der Waals surface area contributed by atoms with Crippen molar-refractivity contribution in [3.05, 3.63) is 0 Å². The zero-order chi connectivity index (χ0) is 14.4. The minimum atomic E-state index is -0.184. The van der Waals surface area contributed by atoms with Gasteiger partial charge in [0, 0.05) is 52.4 Å². The zero-order valence-electron chi connectivity index (χ0n) is 12.7. The molecule has 0 radical (unpaired) electrons. The molecule has 0 spiro atoms. The third kappa shape index (κ3) is 5.01. The molecule has 20 heavy (non-hydrogen) atoms. The number of nitrogens with zero attached hydrogens (tertiary/aromatic N) is 3. The minimum Gasteiger partial charge on any atom is -0.469 e. The first kappa shape index (κ1) is 15.7. The topological polar surface area (TPSA) is 45.2 Å². The maximum absolute atomic E-state index is 11.3. The van der Waals surface area contributed by atoms with Crippen LogP contribution < -0.4 is 0 Å². The molecule has 0 N–H and O–H groups in total. The summed E-state index contributed by atoms with van der Waals surface area (Å²) in [4.78, 5) is 18.6. The monoisotopic (exact) mass is 285 g/mol. The summed E-state index contributed by atoms with van der Waals surface area (Å²) in [5.41, 5.74) is 0. The van der Waals surface area contributed by atoms with Crippen molar-refractivity contribution in [2.45, 2.75) is 12.5 Å². The Balaban J connectivity index is 1.66. The predicted molar refractivity (Wildman–Crippen MR) is 76.8 cm³/mol. The van der Waals surface area contributed by atoms with E-state index in [9.17, 15) is 4.79 Å². The van der Waals surface area contributed by atoms with Gasteiger partial charge in [0.2, 0.25) is 0 Å². The lowest BCUT2D eigenvalue weighted by molar-refractivity contribution is -0.145. The molecule has 6 heteroatoms. The normalized spacial score (nSPS) is 26.6. The molecular formula is C14H27N3O3. The molecule has 0 aliphatic carbocycles. The highest BCUT2D eigenvalue weighted by molar-refractivity contribution is 5.69. The number of methoxy groups -OCH3 is 1. The largest absolute Gasteiger partial charge is 0.469 e. The van der Waals surface area contributed by atoms with Crippen LogP contribution in [0.2, 0.25) is 0 Å². The van der Waals surface area contributed by atoms with Crippen LogP contribution >= 0.6 is 0 Å². The molecule has 1 atom stereocenters. The molecular weight excluding hydrogens is 258 g/mol. The first-order valence-electron chi connectivity index (χ1n) is 7.49. The van der Waals surface area contributed by atoms with Crippen LogP contribution in [0.4, 0.5) is 0 Å². The Morgan fingerprint density at radius 2 is 1.85 bits per heavy atom. The van der Waals surface area contributed by atoms with Crippen LogP contribution in [0, 0.1) is 0 Å². The van der Waals surface area contributed by atoms with Crippen molar-refractivity contribution in [2.24, 2.45) is 0 Å². The zero-order valence-corrected chi connectivity index (χ0v) is 12.7. The van der Waals surface area contributed by atoms with E-state index in [1.54, 1.807) is 0 Å². The summed E-state index contributed by atoms with van der Waals surface area (Å²) in [5, 5.41) is 0. The van der Waals surface area contributed by atoms with E-state index in [2.05, 4.69) is 21.7 Å². The highest BCUT2D eigenvalue weighted by Crippen LogP contribution is 2.10. The second kappa shape index (κ2) is 7.93. The molecule has 0 saturated carbocycles. The quantitative estimate of drug-likeness (QED) is 0.635. The highest BCUT2D eigenvalue weighted by Gasteiger charge is 2.23. The van der Waals surface area contributed by atoms with Crippen molar-refractivity contribution in [3.8, 4) is 0 Å². The van der Waals surface area contributed by atoms with E-state index in [1.807, 2.05) is 0 Å². The summed E-state index contributed by atoms with van der Waals surface area (Å²) < 4.78 is 10.3. The first-order valence-corrected chi connectivity index (χ1v) is 7.49. The van der Waals surface area contributed by atoms with Crippen molar-refractivity contribution in [2.75, 3.05) is 73.1 Å². The fourth-order valence-corrected chi connectivity index (χ4v) is 2.73. The summed E-state index contributed by atoms with van der Waals surface area (Å²) in [6, 6.07) is 0. The van der Waals surface area contributed by atoms with Crippen LogP contribution in [-0.4, -0.2) is 99.9 Å². The third-order valence-corrected chi connectivity index (χ3v) is 4.17. The second-order valence-corrected chi connectivity index (χ2v) is 5.72. The fourth-order valence-electron chi connectivity index (χ4n) is 2.73. The van der Waals surface area contributed by atoms with Crippen LogP contribution in [0.1, 0.15) is 6.42 Å². The van der Waals surface area contributed by atoms with Crippen molar-refractivity contribution >= 4 is 5.97 Å². The number of hydrogen-bond acceptors (Lipinski definition) is 6. The summed E-state index contributed by atoms with van der Waals surface area (Å²) in [6.45, 7) is 9.32. The summed E-state index contributed by atoms with van der Waals surface area (Å²) in [5.74, 6) is -0.184. The van der Waals surface area contributed by atoms with E-state index in [4.69, 9.17) is 9.47 Å². The smallest absolute Gasteiger partial charge is 0.308 e. The van der Waals surface area contributed by atoms with Gasteiger partial charge in [-0.15, -0.1) is 0 Å². The van der Waals surface area contributed by atoms with Gasteiger partial charge in [0.05, 0.1) is 26.2 Å². The van der Waals surface area contributed by atoms with Gasteiger partial charge in [-0.25, -0.2) is 0 Å². The van der Waals surface area contributed by atoms with Gasteiger partial charge in [-0.05, 0) is 7.05 Å². The molecule has 2 aliphatic rings. The molecule has 2 heterocycles. The van der Waals surface area contributed by atoms with Crippen LogP contribution in [0.15, 0.2) is 0 Å². The van der Waals surface area contributed by atoms with Gasteiger partial charge < -0.3 is 14.4 Å². The van der Waals surface area contributed by atoms with E-state index in [-0.39, 0.29) is 12.1 Å². The van der Waals surface area contributed by atoms with Crippen LogP contribution in [0.5, 0.6) is 0 Å². The van der Waals surface area contributed by atoms with Gasteiger partial charge in [-0.3, -0.25) is 14.6 Å². The number of hydrogen-bond donors (Lipinski definition) is 0. The Hall–Kier alpha value is -0.690. The highest BCUT2D eigenvalue weighted by atomic mass is 16.5. The number of likely N-dealkylation sites (N-methyl/N-ethyl adjacent to an activating group) is 1. The van der Waals surface area contributed by atoms with Crippen molar-refractivity contribution < 1.29 is 14.3 Å². The first-order chi connectivity index (χ1) is 9.67. The Labute approximate surface area is 121 Å². The van der Waals surface area contributed by atoms with Gasteiger partial charge in [0.15, 0.2) is 0 Å². The Morgan fingerprint density at radius 3 is 2.55 bits per heavy atom. The molecule has 0 aromatic heterocycles. The van der Waals surface area contributed by atoms with Crippen LogP contribution in [0.3, 0.4) is 0 Å². The average molecular weight is 285 g/mol. The van der Waals surface area contributed by atoms with Gasteiger partial charge in [-0.1, -0.05) is 0 Å². The number of ether oxygens (including phenoxy) is 2. The van der Waals surface area contributed by atoms with E-state index in [0.717, 1.165) is 52.4 Å². The van der Waals surface area contributed by atoms with E-state index < -0.39 is 0 Å². The van der Waals surface area contributed by atoms with Gasteiger partial charge in [0.25, 0.3) is 0 Å². The molecule has 2 aliphatic heterocycles. The second-order valence-electron chi connectivity index (χ2n) is 5.72. The molecule has 2 fully saturated rings. The average Bonchev–Trinajstić information content (AvgIpc) is 2.47. The Bertz CT molecular complexity index is 306. The fraction of sp³-hybridized carbons (Fsp3) is 0.929. The summed E-state index contributed by atoms with van der Waals surface area (Å²) in [6.07, 6.45) is 0.352. The van der Waals surface area contributed by atoms with Gasteiger partial charge in [-0.2, -0.15) is 0 Å². The predicted octanol–water partition coefficient (Wildman–Crippen LogP) is -0.502. The number of morpholine rings is 1. The number of esters is 1. The van der Waals surface area contributed by atoms with Crippen LogP contribution in [-0.2, 0) is 14.3 Å². The Morgan fingerprint density at radius 1 is 1.15 bits per heavy atom. The van der Waals surface area contributed by atoms with E-state index >= 15 is 0 Å². The molecule has 0 amide bonds. The molecule has 0 aromatic carbocycles. The number of rotatable bonds is 5. The van der Waals surface area contributed by atoms with Gasteiger partial charge in [0.1, 0.15) is 0 Å². The lowest BCUT2D eigenvalue weighted by Crippen LogP contribution is -2.49. The van der Waals surface area contributed by atoms with Crippen molar-refractivity contribution in [1.29, 1.82) is 0 Å².